The fraction of sp³-hybridized carbons (Fsp3) is 0.457. The van der Waals surface area contributed by atoms with Gasteiger partial charge in [0.05, 0.1) is 6.04 Å². The molecular formula is C35H40FN5O4. The quantitative estimate of drug-likeness (QED) is 0.342. The van der Waals surface area contributed by atoms with Gasteiger partial charge in [0.15, 0.2) is 0 Å². The Kier molecular flexibility index (Phi) is 8.67. The topological polar surface area (TPSA) is 87.2 Å². The number of pyridine rings is 1. The van der Waals surface area contributed by atoms with Crippen molar-refractivity contribution in [1.29, 1.82) is 0 Å². The van der Waals surface area contributed by atoms with Gasteiger partial charge in [-0.3, -0.25) is 9.69 Å². The highest BCUT2D eigenvalue weighted by Crippen LogP contribution is 2.37. The normalized spacial score (nSPS) is 21.7. The molecular weight excluding hydrogens is 573 g/mol. The van der Waals surface area contributed by atoms with Crippen molar-refractivity contribution in [1.82, 2.24) is 25.0 Å². The van der Waals surface area contributed by atoms with Crippen LogP contribution in [-0.4, -0.2) is 82.6 Å². The number of aromatic nitrogens is 1. The summed E-state index contributed by atoms with van der Waals surface area (Å²) in [7, 11) is 0. The van der Waals surface area contributed by atoms with Crippen molar-refractivity contribution >= 4 is 11.9 Å². The van der Waals surface area contributed by atoms with E-state index in [0.717, 1.165) is 69.3 Å². The van der Waals surface area contributed by atoms with Crippen LogP contribution in [0.5, 0.6) is 11.6 Å². The second-order valence-corrected chi connectivity index (χ2v) is 12.6. The van der Waals surface area contributed by atoms with Gasteiger partial charge in [-0.15, -0.1) is 0 Å². The molecule has 3 aromatic rings. The van der Waals surface area contributed by atoms with Crippen LogP contribution in [0.4, 0.5) is 9.18 Å². The van der Waals surface area contributed by atoms with E-state index in [1.165, 1.54) is 6.07 Å². The van der Waals surface area contributed by atoms with Crippen LogP contribution in [0.15, 0.2) is 66.9 Å². The first-order valence-electron chi connectivity index (χ1n) is 16.2. The summed E-state index contributed by atoms with van der Waals surface area (Å²) in [6.45, 7) is 4.42. The Balaban J connectivity index is 0.944. The lowest BCUT2D eigenvalue weighted by Crippen LogP contribution is -2.48. The van der Waals surface area contributed by atoms with E-state index in [4.69, 9.17) is 9.47 Å². The number of hydrogen-bond acceptors (Lipinski definition) is 6. The molecule has 1 N–H and O–H groups in total. The maximum Gasteiger partial charge on any atom is 0.321 e. The molecule has 236 valence electrons. The fourth-order valence-corrected chi connectivity index (χ4v) is 6.80. The molecule has 3 saturated heterocycles. The molecule has 0 radical (unpaired) electrons. The summed E-state index contributed by atoms with van der Waals surface area (Å²) in [5.41, 5.74) is 2.58. The van der Waals surface area contributed by atoms with Gasteiger partial charge in [0.2, 0.25) is 5.88 Å². The second-order valence-electron chi connectivity index (χ2n) is 12.6. The van der Waals surface area contributed by atoms with E-state index in [9.17, 15) is 14.0 Å². The number of ether oxygens (including phenoxy) is 2. The lowest BCUT2D eigenvalue weighted by Gasteiger charge is -2.39. The lowest BCUT2D eigenvalue weighted by atomic mass is 9.98. The maximum absolute atomic E-state index is 14.2. The Bertz CT molecular complexity index is 1480. The molecule has 3 aliphatic heterocycles. The number of likely N-dealkylation sites (tertiary alicyclic amines) is 1. The molecule has 9 nitrogen and oxygen atoms in total. The van der Waals surface area contributed by atoms with Crippen LogP contribution >= 0.6 is 0 Å². The molecule has 3 amide bonds. The third-order valence-corrected chi connectivity index (χ3v) is 9.44. The highest BCUT2D eigenvalue weighted by molar-refractivity contribution is 5.94. The van der Waals surface area contributed by atoms with Crippen molar-refractivity contribution in [2.24, 2.45) is 0 Å². The number of nitrogens with zero attached hydrogens (tertiary/aromatic N) is 4. The van der Waals surface area contributed by atoms with Gasteiger partial charge in [0.1, 0.15) is 11.6 Å². The van der Waals surface area contributed by atoms with Crippen LogP contribution in [-0.2, 0) is 11.3 Å². The van der Waals surface area contributed by atoms with E-state index in [2.05, 4.69) is 15.2 Å². The van der Waals surface area contributed by atoms with Crippen LogP contribution < -0.4 is 10.1 Å². The number of nitrogens with one attached hydrogen (secondary N) is 1. The molecule has 2 aromatic carbocycles. The van der Waals surface area contributed by atoms with Gasteiger partial charge in [-0.2, -0.15) is 0 Å². The van der Waals surface area contributed by atoms with Crippen LogP contribution in [0.3, 0.4) is 0 Å². The van der Waals surface area contributed by atoms with E-state index in [1.807, 2.05) is 34.2 Å². The molecule has 0 spiro atoms. The van der Waals surface area contributed by atoms with Gasteiger partial charge in [-0.05, 0) is 86.1 Å². The van der Waals surface area contributed by atoms with Crippen molar-refractivity contribution in [2.45, 2.75) is 69.2 Å². The first-order chi connectivity index (χ1) is 22.0. The number of halogens is 1. The zero-order valence-electron chi connectivity index (χ0n) is 25.4. The largest absolute Gasteiger partial charge is 0.439 e. The number of rotatable bonds is 9. The Morgan fingerprint density at radius 2 is 1.73 bits per heavy atom. The van der Waals surface area contributed by atoms with Gasteiger partial charge < -0.3 is 24.6 Å². The number of hydrogen-bond donors (Lipinski definition) is 1. The average Bonchev–Trinajstić information content (AvgIpc) is 3.82. The summed E-state index contributed by atoms with van der Waals surface area (Å²) in [6, 6.07) is 18.3. The monoisotopic (exact) mass is 613 g/mol. The van der Waals surface area contributed by atoms with E-state index in [1.54, 1.807) is 36.4 Å². The second kappa shape index (κ2) is 13.1. The minimum absolute atomic E-state index is 0.0500. The molecule has 0 bridgehead atoms. The molecule has 10 heteroatoms. The molecule has 1 atom stereocenters. The van der Waals surface area contributed by atoms with Crippen molar-refractivity contribution in [3.8, 4) is 11.6 Å². The molecule has 1 saturated carbocycles. The molecule has 1 aliphatic carbocycles. The average molecular weight is 614 g/mol. The molecule has 1 aromatic heterocycles. The number of benzene rings is 2. The van der Waals surface area contributed by atoms with E-state index in [0.29, 0.717) is 43.0 Å². The minimum atomic E-state index is -0.268. The summed E-state index contributed by atoms with van der Waals surface area (Å²) in [6.07, 6.45) is 7.37. The van der Waals surface area contributed by atoms with Crippen LogP contribution in [0.1, 0.15) is 66.1 Å². The van der Waals surface area contributed by atoms with Crippen LogP contribution in [0.25, 0.3) is 0 Å². The maximum atomic E-state index is 14.2. The predicted octanol–water partition coefficient (Wildman–Crippen LogP) is 5.53. The first-order valence-corrected chi connectivity index (χ1v) is 16.2. The van der Waals surface area contributed by atoms with Gasteiger partial charge >= 0.3 is 6.03 Å². The zero-order valence-corrected chi connectivity index (χ0v) is 25.4. The Hall–Kier alpha value is -4.02. The molecule has 4 heterocycles. The minimum Gasteiger partial charge on any atom is -0.439 e. The number of amides is 3. The number of carbonyl (C=O) groups is 2. The summed E-state index contributed by atoms with van der Waals surface area (Å²) in [4.78, 5) is 37.0. The molecule has 4 fully saturated rings. The summed E-state index contributed by atoms with van der Waals surface area (Å²) >= 11 is 0. The van der Waals surface area contributed by atoms with E-state index >= 15 is 0 Å². The highest BCUT2D eigenvalue weighted by Gasteiger charge is 2.45. The number of urea groups is 1. The Morgan fingerprint density at radius 3 is 2.42 bits per heavy atom. The van der Waals surface area contributed by atoms with Crippen molar-refractivity contribution < 1.29 is 23.5 Å². The lowest BCUT2D eigenvalue weighted by molar-refractivity contribution is 0.0493. The summed E-state index contributed by atoms with van der Waals surface area (Å²) in [5, 5.41) is 2.99. The Morgan fingerprint density at radius 1 is 0.956 bits per heavy atom. The van der Waals surface area contributed by atoms with Gasteiger partial charge in [0.25, 0.3) is 5.91 Å². The zero-order chi connectivity index (χ0) is 30.8. The van der Waals surface area contributed by atoms with Crippen molar-refractivity contribution in [3.05, 3.63) is 89.4 Å². The highest BCUT2D eigenvalue weighted by atomic mass is 19.1. The van der Waals surface area contributed by atoms with E-state index < -0.39 is 0 Å². The van der Waals surface area contributed by atoms with E-state index in [-0.39, 0.29) is 35.9 Å². The van der Waals surface area contributed by atoms with Gasteiger partial charge in [0, 0.05) is 75.3 Å². The molecule has 1 unspecified atom stereocenters. The number of piperidine rings is 1. The third kappa shape index (κ3) is 6.97. The van der Waals surface area contributed by atoms with Crippen molar-refractivity contribution in [3.63, 3.8) is 0 Å². The smallest absolute Gasteiger partial charge is 0.321 e. The molecule has 45 heavy (non-hydrogen) atoms. The SMILES string of the molecule is O=C(NC1CC1)c1ccc(Oc2ccc(CN3CCC(N4C(=O)N(C5CCOCC5)CC4c4cccc(F)c4)CC3)cn2)cc1. The van der Waals surface area contributed by atoms with Crippen molar-refractivity contribution in [2.75, 3.05) is 32.8 Å². The standard InChI is InChI=1S/C35H40FN5O4/c36-27-3-1-2-26(20-27)32-23-40(29-14-18-44-19-15-29)35(43)41(32)30-12-16-39(17-13-30)22-24-4-11-33(37-21-24)45-31-9-5-25(6-10-31)34(42)38-28-7-8-28/h1-6,9-11,20-21,28-30,32H,7-8,12-19,22-23H2,(H,38,42). The molecule has 4 aliphatic rings. The van der Waals surface area contributed by atoms with Gasteiger partial charge in [-0.25, -0.2) is 14.2 Å². The summed E-state index contributed by atoms with van der Waals surface area (Å²) < 4.78 is 25.7. The van der Waals surface area contributed by atoms with Crippen LogP contribution in [0.2, 0.25) is 0 Å². The summed E-state index contributed by atoms with van der Waals surface area (Å²) in [5.74, 6) is 0.808. The van der Waals surface area contributed by atoms with Gasteiger partial charge in [-0.1, -0.05) is 18.2 Å². The Labute approximate surface area is 263 Å². The molecule has 7 rings (SSSR count). The number of carbonyl (C=O) groups excluding carboxylic acids is 2. The first kappa shape index (κ1) is 29.7. The predicted molar refractivity (Wildman–Crippen MR) is 166 cm³/mol. The fourth-order valence-electron chi connectivity index (χ4n) is 6.80. The third-order valence-electron chi connectivity index (χ3n) is 9.44. The van der Waals surface area contributed by atoms with Crippen LogP contribution in [0, 0.1) is 5.82 Å².